The van der Waals surface area contributed by atoms with Crippen molar-refractivity contribution in [3.8, 4) is 0 Å². The van der Waals surface area contributed by atoms with Crippen molar-refractivity contribution in [1.29, 1.82) is 0 Å². The molecule has 0 aliphatic heterocycles. The number of aliphatic carboxylic acids is 1. The summed E-state index contributed by atoms with van der Waals surface area (Å²) in [6.45, 7) is 0. The van der Waals surface area contributed by atoms with Crippen LogP contribution in [0.5, 0.6) is 0 Å². The Morgan fingerprint density at radius 2 is 2.08 bits per heavy atom. The van der Waals surface area contributed by atoms with Crippen molar-refractivity contribution in [2.45, 2.75) is 0 Å². The van der Waals surface area contributed by atoms with E-state index in [4.69, 9.17) is 9.52 Å². The van der Waals surface area contributed by atoms with Gasteiger partial charge in [-0.15, -0.1) is 0 Å². The molecule has 4 nitrogen and oxygen atoms in total. The molecule has 1 aromatic rings. The lowest BCUT2D eigenvalue weighted by molar-refractivity contribution is -0.131. The van der Waals surface area contributed by atoms with Gasteiger partial charge in [-0.05, 0) is 18.2 Å². The number of aldehydes is 1. The predicted octanol–water partition coefficient (Wildman–Crippen LogP) is 1.19. The monoisotopic (exact) mass is 166 g/mol. The Kier molecular flexibility index (Phi) is 2.42. The minimum Gasteiger partial charge on any atom is -0.478 e. The predicted molar refractivity (Wildman–Crippen MR) is 40.8 cm³/mol. The van der Waals surface area contributed by atoms with E-state index >= 15 is 0 Å². The highest BCUT2D eigenvalue weighted by Crippen LogP contribution is 2.06. The van der Waals surface area contributed by atoms with Gasteiger partial charge in [0.25, 0.3) is 0 Å². The first-order chi connectivity index (χ1) is 5.72. The fourth-order valence-electron chi connectivity index (χ4n) is 0.675. The van der Waals surface area contributed by atoms with E-state index in [1.54, 1.807) is 0 Å². The minimum atomic E-state index is -1.06. The van der Waals surface area contributed by atoms with Crippen LogP contribution < -0.4 is 0 Å². The summed E-state index contributed by atoms with van der Waals surface area (Å²) in [5, 5.41) is 8.24. The number of furan rings is 1. The van der Waals surface area contributed by atoms with Crippen LogP contribution in [0.15, 0.2) is 22.6 Å². The van der Waals surface area contributed by atoms with Crippen LogP contribution in [0.3, 0.4) is 0 Å². The third-order valence-corrected chi connectivity index (χ3v) is 1.15. The molecule has 62 valence electrons. The molecule has 0 spiro atoms. The summed E-state index contributed by atoms with van der Waals surface area (Å²) >= 11 is 0. The van der Waals surface area contributed by atoms with Crippen LogP contribution >= 0.6 is 0 Å². The molecule has 0 fully saturated rings. The second kappa shape index (κ2) is 3.52. The van der Waals surface area contributed by atoms with Crippen molar-refractivity contribution >= 4 is 18.3 Å². The van der Waals surface area contributed by atoms with E-state index in [9.17, 15) is 9.59 Å². The quantitative estimate of drug-likeness (QED) is 0.541. The summed E-state index contributed by atoms with van der Waals surface area (Å²) in [7, 11) is 0. The highest BCUT2D eigenvalue weighted by molar-refractivity contribution is 5.84. The van der Waals surface area contributed by atoms with Crippen molar-refractivity contribution in [2.24, 2.45) is 0 Å². The number of carboxylic acids is 1. The second-order valence-corrected chi connectivity index (χ2v) is 2.03. The van der Waals surface area contributed by atoms with Crippen LogP contribution in [-0.4, -0.2) is 17.4 Å². The van der Waals surface area contributed by atoms with Gasteiger partial charge in [0.15, 0.2) is 12.0 Å². The average Bonchev–Trinajstić information content (AvgIpc) is 2.48. The molecule has 0 unspecified atom stereocenters. The van der Waals surface area contributed by atoms with Gasteiger partial charge in [-0.25, -0.2) is 4.79 Å². The fourth-order valence-corrected chi connectivity index (χ4v) is 0.675. The van der Waals surface area contributed by atoms with E-state index in [1.807, 2.05) is 0 Å². The first-order valence-electron chi connectivity index (χ1n) is 3.18. The van der Waals surface area contributed by atoms with Crippen molar-refractivity contribution in [3.05, 3.63) is 29.7 Å². The van der Waals surface area contributed by atoms with Crippen LogP contribution in [0.1, 0.15) is 16.3 Å². The Morgan fingerprint density at radius 3 is 2.58 bits per heavy atom. The Morgan fingerprint density at radius 1 is 1.42 bits per heavy atom. The second-order valence-electron chi connectivity index (χ2n) is 2.03. The molecule has 0 aromatic carbocycles. The Balaban J connectivity index is 2.76. The van der Waals surface area contributed by atoms with Gasteiger partial charge in [0.2, 0.25) is 0 Å². The fraction of sp³-hybridized carbons (Fsp3) is 0. The summed E-state index contributed by atoms with van der Waals surface area (Å²) < 4.78 is 4.86. The molecule has 0 radical (unpaired) electrons. The van der Waals surface area contributed by atoms with Crippen LogP contribution in [0.4, 0.5) is 0 Å². The molecule has 0 amide bonds. The average molecular weight is 166 g/mol. The van der Waals surface area contributed by atoms with Crippen molar-refractivity contribution in [2.75, 3.05) is 0 Å². The van der Waals surface area contributed by atoms with Gasteiger partial charge in [0.1, 0.15) is 5.76 Å². The van der Waals surface area contributed by atoms with Gasteiger partial charge in [-0.1, -0.05) is 0 Å². The van der Waals surface area contributed by atoms with Crippen molar-refractivity contribution < 1.29 is 19.1 Å². The van der Waals surface area contributed by atoms with Crippen LogP contribution in [0, 0.1) is 0 Å². The van der Waals surface area contributed by atoms with Gasteiger partial charge in [-0.3, -0.25) is 4.79 Å². The number of rotatable bonds is 3. The van der Waals surface area contributed by atoms with Gasteiger partial charge in [0.05, 0.1) is 0 Å². The molecule has 1 heterocycles. The van der Waals surface area contributed by atoms with Crippen LogP contribution in [0.2, 0.25) is 0 Å². The first kappa shape index (κ1) is 8.26. The minimum absolute atomic E-state index is 0.181. The van der Waals surface area contributed by atoms with E-state index in [-0.39, 0.29) is 5.76 Å². The number of hydrogen-bond donors (Lipinski definition) is 1. The standard InChI is InChI=1S/C8H6O4/c9-5-7-2-1-6(12-7)3-4-8(10)11/h1-5H,(H,10,11). The van der Waals surface area contributed by atoms with Gasteiger partial charge >= 0.3 is 5.97 Å². The Hall–Kier alpha value is -1.84. The largest absolute Gasteiger partial charge is 0.478 e. The molecule has 1 rings (SSSR count). The van der Waals surface area contributed by atoms with Crippen LogP contribution in [-0.2, 0) is 4.79 Å². The SMILES string of the molecule is O=Cc1ccc(C=CC(=O)O)o1. The van der Waals surface area contributed by atoms with Gasteiger partial charge in [-0.2, -0.15) is 0 Å². The number of hydrogen-bond acceptors (Lipinski definition) is 3. The topological polar surface area (TPSA) is 67.5 Å². The molecule has 0 saturated carbocycles. The normalized spacial score (nSPS) is 10.3. The van der Waals surface area contributed by atoms with Crippen molar-refractivity contribution in [1.82, 2.24) is 0 Å². The first-order valence-corrected chi connectivity index (χ1v) is 3.18. The lowest BCUT2D eigenvalue weighted by Gasteiger charge is -1.81. The smallest absolute Gasteiger partial charge is 0.328 e. The summed E-state index contributed by atoms with van der Waals surface area (Å²) in [6.07, 6.45) is 2.76. The maximum Gasteiger partial charge on any atom is 0.328 e. The maximum atomic E-state index is 10.1. The van der Waals surface area contributed by atoms with E-state index in [2.05, 4.69) is 0 Å². The molecule has 12 heavy (non-hydrogen) atoms. The van der Waals surface area contributed by atoms with Crippen LogP contribution in [0.25, 0.3) is 6.08 Å². The van der Waals surface area contributed by atoms with E-state index in [0.29, 0.717) is 12.0 Å². The van der Waals surface area contributed by atoms with Crippen molar-refractivity contribution in [3.63, 3.8) is 0 Å². The molecule has 0 atom stereocenters. The zero-order valence-electron chi connectivity index (χ0n) is 6.06. The molecular weight excluding hydrogens is 160 g/mol. The van der Waals surface area contributed by atoms with E-state index in [1.165, 1.54) is 18.2 Å². The third kappa shape index (κ3) is 2.09. The van der Waals surface area contributed by atoms with Gasteiger partial charge in [0, 0.05) is 6.08 Å². The highest BCUT2D eigenvalue weighted by Gasteiger charge is 1.96. The lowest BCUT2D eigenvalue weighted by Crippen LogP contribution is -1.84. The maximum absolute atomic E-state index is 10.1. The number of carbonyl (C=O) groups is 2. The number of carboxylic acid groups (broad SMARTS) is 1. The lowest BCUT2D eigenvalue weighted by atomic mass is 10.4. The molecule has 4 heteroatoms. The molecule has 0 bridgehead atoms. The molecule has 1 aromatic heterocycles. The zero-order chi connectivity index (χ0) is 8.97. The highest BCUT2D eigenvalue weighted by atomic mass is 16.4. The third-order valence-electron chi connectivity index (χ3n) is 1.15. The molecule has 0 aliphatic rings. The van der Waals surface area contributed by atoms with E-state index < -0.39 is 5.97 Å². The Labute approximate surface area is 68.1 Å². The summed E-state index contributed by atoms with van der Waals surface area (Å²) in [5.41, 5.74) is 0. The number of carbonyl (C=O) groups excluding carboxylic acids is 1. The Bertz CT molecular complexity index is 322. The molecule has 0 saturated heterocycles. The molecular formula is C8H6O4. The van der Waals surface area contributed by atoms with E-state index in [0.717, 1.165) is 6.08 Å². The summed E-state index contributed by atoms with van der Waals surface area (Å²) in [5.74, 6) is -0.529. The summed E-state index contributed by atoms with van der Waals surface area (Å²) in [4.78, 5) is 20.2. The van der Waals surface area contributed by atoms with Gasteiger partial charge < -0.3 is 9.52 Å². The zero-order valence-corrected chi connectivity index (χ0v) is 6.06. The summed E-state index contributed by atoms with van der Waals surface area (Å²) in [6, 6.07) is 2.98. The molecule has 0 aliphatic carbocycles. The molecule has 1 N–H and O–H groups in total.